The molecule has 2 aromatic rings. The minimum absolute atomic E-state index is 0.191. The number of benzene rings is 2. The molecule has 1 saturated heterocycles. The van der Waals surface area contributed by atoms with Crippen molar-refractivity contribution >= 4 is 16.7 Å². The van der Waals surface area contributed by atoms with Crippen molar-refractivity contribution in [2.24, 2.45) is 11.8 Å². The van der Waals surface area contributed by atoms with Gasteiger partial charge in [-0.25, -0.2) is 4.39 Å². The first kappa shape index (κ1) is 22.1. The van der Waals surface area contributed by atoms with Gasteiger partial charge in [-0.1, -0.05) is 25.1 Å². The van der Waals surface area contributed by atoms with Gasteiger partial charge in [-0.2, -0.15) is 0 Å². The number of ether oxygens (including phenoxy) is 1. The number of aliphatic carboxylic acids is 1. The Kier molecular flexibility index (Phi) is 7.11. The average Bonchev–Trinajstić information content (AvgIpc) is 2.75. The number of alkyl halides is 1. The monoisotopic (exact) mass is 427 g/mol. The van der Waals surface area contributed by atoms with E-state index in [1.807, 2.05) is 18.2 Å². The Morgan fingerprint density at radius 1 is 1.16 bits per heavy atom. The number of nitrogens with zero attached hydrogens (tertiary/aromatic N) is 1. The molecule has 168 valence electrons. The van der Waals surface area contributed by atoms with Crippen molar-refractivity contribution in [3.8, 4) is 5.75 Å². The van der Waals surface area contributed by atoms with E-state index >= 15 is 0 Å². The first-order chi connectivity index (χ1) is 15.0. The van der Waals surface area contributed by atoms with Gasteiger partial charge in [0.1, 0.15) is 12.4 Å². The van der Waals surface area contributed by atoms with Gasteiger partial charge < -0.3 is 9.84 Å². The molecule has 1 atom stereocenters. The number of carbonyl (C=O) groups is 1. The molecule has 1 aliphatic heterocycles. The molecular formula is C26H34FNO3. The van der Waals surface area contributed by atoms with Crippen LogP contribution in [0.15, 0.2) is 30.3 Å². The second kappa shape index (κ2) is 9.99. The molecule has 4 rings (SSSR count). The number of hydrogen-bond donors (Lipinski definition) is 1. The highest BCUT2D eigenvalue weighted by molar-refractivity contribution is 5.88. The maximum atomic E-state index is 14.0. The summed E-state index contributed by atoms with van der Waals surface area (Å²) in [6, 6.07) is 10.2. The van der Waals surface area contributed by atoms with Gasteiger partial charge in [0.2, 0.25) is 0 Å². The molecule has 1 heterocycles. The van der Waals surface area contributed by atoms with E-state index in [0.29, 0.717) is 11.3 Å². The summed E-state index contributed by atoms with van der Waals surface area (Å²) in [5.41, 5.74) is 1.84. The fourth-order valence-corrected chi connectivity index (χ4v) is 5.26. The Morgan fingerprint density at radius 3 is 2.71 bits per heavy atom. The van der Waals surface area contributed by atoms with E-state index in [4.69, 9.17) is 9.84 Å². The van der Waals surface area contributed by atoms with E-state index in [2.05, 4.69) is 24.0 Å². The van der Waals surface area contributed by atoms with Gasteiger partial charge in [-0.05, 0) is 85.4 Å². The Hall–Kier alpha value is -2.14. The molecule has 2 aromatic carbocycles. The highest BCUT2D eigenvalue weighted by Gasteiger charge is 2.23. The lowest BCUT2D eigenvalue weighted by atomic mass is 9.89. The third-order valence-corrected chi connectivity index (χ3v) is 7.02. The summed E-state index contributed by atoms with van der Waals surface area (Å²) in [7, 11) is 0. The third kappa shape index (κ3) is 5.57. The highest BCUT2D eigenvalue weighted by atomic mass is 19.1. The molecule has 4 nitrogen and oxygen atoms in total. The van der Waals surface area contributed by atoms with Crippen LogP contribution in [-0.2, 0) is 18.0 Å². The van der Waals surface area contributed by atoms with E-state index in [9.17, 15) is 9.18 Å². The van der Waals surface area contributed by atoms with Crippen LogP contribution in [0.5, 0.6) is 5.75 Å². The molecule has 31 heavy (non-hydrogen) atoms. The predicted octanol–water partition coefficient (Wildman–Crippen LogP) is 5.95. The number of carboxylic acids is 1. The molecule has 0 spiro atoms. The minimum atomic E-state index is -0.711. The number of likely N-dealkylation sites (tertiary alicyclic amines) is 1. The first-order valence-corrected chi connectivity index (χ1v) is 11.7. The van der Waals surface area contributed by atoms with Crippen LogP contribution in [0.25, 0.3) is 10.8 Å². The van der Waals surface area contributed by atoms with Crippen LogP contribution in [0.2, 0.25) is 0 Å². The van der Waals surface area contributed by atoms with E-state index in [1.165, 1.54) is 18.4 Å². The van der Waals surface area contributed by atoms with Gasteiger partial charge in [0.15, 0.2) is 0 Å². The summed E-state index contributed by atoms with van der Waals surface area (Å²) in [5, 5.41) is 11.0. The third-order valence-electron chi connectivity index (χ3n) is 7.02. The summed E-state index contributed by atoms with van der Waals surface area (Å²) in [5.74, 6) is 0.967. The lowest BCUT2D eigenvalue weighted by Crippen LogP contribution is -2.35. The number of piperidine rings is 1. The molecule has 5 heteroatoms. The lowest BCUT2D eigenvalue weighted by Gasteiger charge is -2.32. The van der Waals surface area contributed by atoms with Crippen molar-refractivity contribution < 1.29 is 19.0 Å². The van der Waals surface area contributed by atoms with Gasteiger partial charge in [-0.15, -0.1) is 0 Å². The van der Waals surface area contributed by atoms with Crippen molar-refractivity contribution in [2.45, 2.75) is 71.2 Å². The van der Waals surface area contributed by atoms with E-state index in [1.54, 1.807) is 0 Å². The number of carboxylic acid groups (broad SMARTS) is 1. The van der Waals surface area contributed by atoms with Gasteiger partial charge in [0, 0.05) is 25.1 Å². The first-order valence-electron chi connectivity index (χ1n) is 11.7. The molecule has 2 fully saturated rings. The fourth-order valence-electron chi connectivity index (χ4n) is 5.26. The Bertz CT molecular complexity index is 907. The van der Waals surface area contributed by atoms with Crippen LogP contribution >= 0.6 is 0 Å². The molecule has 0 bridgehead atoms. The van der Waals surface area contributed by atoms with Gasteiger partial charge in [0.05, 0.1) is 6.10 Å². The molecule has 1 unspecified atom stereocenters. The quantitative estimate of drug-likeness (QED) is 0.593. The molecular weight excluding hydrogens is 393 g/mol. The Labute approximate surface area is 184 Å². The van der Waals surface area contributed by atoms with Crippen LogP contribution < -0.4 is 4.74 Å². The van der Waals surface area contributed by atoms with Crippen molar-refractivity contribution in [2.75, 3.05) is 13.1 Å². The van der Waals surface area contributed by atoms with Crippen LogP contribution in [0.3, 0.4) is 0 Å². The van der Waals surface area contributed by atoms with Crippen molar-refractivity contribution in [3.05, 3.63) is 41.5 Å². The number of hydrogen-bond acceptors (Lipinski definition) is 3. The summed E-state index contributed by atoms with van der Waals surface area (Å²) >= 11 is 0. The molecule has 2 aliphatic rings. The fraction of sp³-hybridized carbons (Fsp3) is 0.577. The topological polar surface area (TPSA) is 49.8 Å². The molecule has 0 amide bonds. The maximum absolute atomic E-state index is 14.0. The molecule has 0 aromatic heterocycles. The lowest BCUT2D eigenvalue weighted by molar-refractivity contribution is -0.138. The summed E-state index contributed by atoms with van der Waals surface area (Å²) < 4.78 is 20.2. The zero-order chi connectivity index (χ0) is 21.8. The van der Waals surface area contributed by atoms with Gasteiger partial charge >= 0.3 is 5.97 Å². The zero-order valence-electron chi connectivity index (χ0n) is 18.5. The van der Waals surface area contributed by atoms with Crippen molar-refractivity contribution in [3.63, 3.8) is 0 Å². The summed E-state index contributed by atoms with van der Waals surface area (Å²) in [6.07, 6.45) is 6.91. The second-order valence-corrected chi connectivity index (χ2v) is 9.57. The minimum Gasteiger partial charge on any atom is -0.490 e. The van der Waals surface area contributed by atoms with Crippen LogP contribution in [0, 0.1) is 11.8 Å². The Balaban J connectivity index is 1.47. The van der Waals surface area contributed by atoms with Crippen LogP contribution in [-0.4, -0.2) is 35.2 Å². The smallest absolute Gasteiger partial charge is 0.303 e. The SMILES string of the molecule is CC1CCC(Oc2ccc3cc(CN4CCCC(CC(=O)O)C4)ccc3c2CF)CC1. The van der Waals surface area contributed by atoms with Crippen LogP contribution in [0.1, 0.15) is 63.0 Å². The standard InChI is InChI=1S/C26H34FNO3/c1-18-4-8-22(9-5-18)31-25-11-7-21-13-20(6-10-23(21)24(25)15-27)17-28-12-2-3-19(16-28)14-26(29)30/h6-7,10-11,13,18-19,22H,2-5,8-9,12,14-17H2,1H3,(H,29,30). The predicted molar refractivity (Wildman–Crippen MR) is 121 cm³/mol. The maximum Gasteiger partial charge on any atom is 0.303 e. The summed E-state index contributed by atoms with van der Waals surface area (Å²) in [4.78, 5) is 13.4. The zero-order valence-corrected chi connectivity index (χ0v) is 18.5. The molecule has 1 saturated carbocycles. The Morgan fingerprint density at radius 2 is 1.97 bits per heavy atom. The van der Waals surface area contributed by atoms with Crippen LogP contribution in [0.4, 0.5) is 4.39 Å². The average molecular weight is 428 g/mol. The largest absolute Gasteiger partial charge is 0.490 e. The van der Waals surface area contributed by atoms with E-state index < -0.39 is 12.6 Å². The number of halogens is 1. The summed E-state index contributed by atoms with van der Waals surface area (Å²) in [6.45, 7) is 4.38. The highest BCUT2D eigenvalue weighted by Crippen LogP contribution is 2.34. The molecule has 1 N–H and O–H groups in total. The van der Waals surface area contributed by atoms with Crippen molar-refractivity contribution in [1.82, 2.24) is 4.90 Å². The van der Waals surface area contributed by atoms with E-state index in [0.717, 1.165) is 62.0 Å². The van der Waals surface area contributed by atoms with Crippen molar-refractivity contribution in [1.29, 1.82) is 0 Å². The molecule has 1 aliphatic carbocycles. The number of rotatable bonds is 7. The van der Waals surface area contributed by atoms with Gasteiger partial charge in [-0.3, -0.25) is 9.69 Å². The molecule has 0 radical (unpaired) electrons. The number of fused-ring (bicyclic) bond motifs is 1. The normalized spacial score (nSPS) is 24.9. The second-order valence-electron chi connectivity index (χ2n) is 9.57. The van der Waals surface area contributed by atoms with E-state index in [-0.39, 0.29) is 18.4 Å². The van der Waals surface area contributed by atoms with Gasteiger partial charge in [0.25, 0.3) is 0 Å².